The van der Waals surface area contributed by atoms with Crippen LogP contribution in [-0.4, -0.2) is 4.57 Å². The lowest BCUT2D eigenvalue weighted by atomic mass is 9.82. The molecule has 0 radical (unpaired) electrons. The van der Waals surface area contributed by atoms with Crippen molar-refractivity contribution in [3.63, 3.8) is 0 Å². The van der Waals surface area contributed by atoms with Crippen LogP contribution in [0.3, 0.4) is 0 Å². The number of anilines is 3. The molecule has 0 saturated carbocycles. The largest absolute Gasteiger partial charge is 0.317 e. The van der Waals surface area contributed by atoms with Gasteiger partial charge in [0.1, 0.15) is 0 Å². The molecule has 2 heteroatoms. The summed E-state index contributed by atoms with van der Waals surface area (Å²) in [6.45, 7) is 4.69. The molecule has 0 fully saturated rings. The van der Waals surface area contributed by atoms with Crippen molar-refractivity contribution in [3.05, 3.63) is 193 Å². The van der Waals surface area contributed by atoms with E-state index in [4.69, 9.17) is 0 Å². The Bertz CT molecular complexity index is 2430. The van der Waals surface area contributed by atoms with E-state index in [9.17, 15) is 0 Å². The molecule has 7 aromatic carbocycles. The summed E-state index contributed by atoms with van der Waals surface area (Å²) in [6.07, 6.45) is 2.17. The minimum absolute atomic E-state index is 0.0582. The second-order valence-corrected chi connectivity index (χ2v) is 13.5. The molecular weight excluding hydrogens is 593 g/mol. The number of hydrogen-bond acceptors (Lipinski definition) is 1. The summed E-state index contributed by atoms with van der Waals surface area (Å²) >= 11 is 0. The Balaban J connectivity index is 1.03. The first-order valence-corrected chi connectivity index (χ1v) is 17.0. The first kappa shape index (κ1) is 29.1. The average molecular weight is 629 g/mol. The predicted molar refractivity (Wildman–Crippen MR) is 206 cm³/mol. The molecule has 0 amide bonds. The molecule has 1 aromatic heterocycles. The first-order chi connectivity index (χ1) is 24.0. The Morgan fingerprint density at radius 1 is 0.429 bits per heavy atom. The number of hydrogen-bond donors (Lipinski definition) is 0. The van der Waals surface area contributed by atoms with Crippen molar-refractivity contribution < 1.29 is 0 Å². The molecule has 0 N–H and O–H groups in total. The van der Waals surface area contributed by atoms with Gasteiger partial charge in [0, 0.05) is 39.7 Å². The number of fused-ring (bicyclic) bond motifs is 4. The third-order valence-electron chi connectivity index (χ3n) is 10.2. The molecule has 49 heavy (non-hydrogen) atoms. The molecule has 9 rings (SSSR count). The first-order valence-electron chi connectivity index (χ1n) is 17.0. The van der Waals surface area contributed by atoms with Crippen LogP contribution in [0.1, 0.15) is 25.0 Å². The Kier molecular flexibility index (Phi) is 6.84. The number of para-hydroxylation sites is 1. The minimum Gasteiger partial charge on any atom is -0.317 e. The van der Waals surface area contributed by atoms with Gasteiger partial charge in [-0.05, 0) is 111 Å². The van der Waals surface area contributed by atoms with Crippen molar-refractivity contribution in [2.75, 3.05) is 4.90 Å². The lowest BCUT2D eigenvalue weighted by Crippen LogP contribution is -2.16. The fourth-order valence-electron chi connectivity index (χ4n) is 7.65. The molecule has 1 heterocycles. The van der Waals surface area contributed by atoms with E-state index in [1.165, 1.54) is 55.4 Å². The monoisotopic (exact) mass is 628 g/mol. The number of nitrogens with zero attached hydrogens (tertiary/aromatic N) is 2. The number of benzene rings is 7. The fraction of sp³-hybridized carbons (Fsp3) is 0.0638. The summed E-state index contributed by atoms with van der Waals surface area (Å²) in [4.78, 5) is 2.37. The van der Waals surface area contributed by atoms with Crippen LogP contribution < -0.4 is 4.90 Å². The van der Waals surface area contributed by atoms with Gasteiger partial charge < -0.3 is 9.47 Å². The van der Waals surface area contributed by atoms with Gasteiger partial charge in [0.25, 0.3) is 0 Å². The zero-order valence-electron chi connectivity index (χ0n) is 27.7. The van der Waals surface area contributed by atoms with Crippen molar-refractivity contribution in [1.29, 1.82) is 0 Å². The van der Waals surface area contributed by atoms with E-state index in [-0.39, 0.29) is 5.41 Å². The highest BCUT2D eigenvalue weighted by molar-refractivity contribution is 5.89. The van der Waals surface area contributed by atoms with Crippen LogP contribution in [0, 0.1) is 0 Å². The second-order valence-electron chi connectivity index (χ2n) is 13.5. The maximum Gasteiger partial charge on any atom is 0.0528 e. The van der Waals surface area contributed by atoms with E-state index in [0.717, 1.165) is 22.7 Å². The summed E-state index contributed by atoms with van der Waals surface area (Å²) in [5.74, 6) is 0. The van der Waals surface area contributed by atoms with Crippen LogP contribution in [-0.2, 0) is 5.41 Å². The normalized spacial score (nSPS) is 12.9. The van der Waals surface area contributed by atoms with E-state index in [1.807, 2.05) is 0 Å². The lowest BCUT2D eigenvalue weighted by molar-refractivity contribution is 0.660. The zero-order valence-corrected chi connectivity index (χ0v) is 27.7. The minimum atomic E-state index is -0.0582. The molecule has 0 saturated heterocycles. The standard InChI is InChI=1S/C47H36N2/c1-47(2)44-16-10-9-15-42(44)43-27-26-41(32-45(43)47)49(39-13-7-4-8-14-39)40-24-19-35(20-25-40)36-21-28-46-37(31-36)29-30-48(46)38-22-17-34(18-23-38)33-11-5-3-6-12-33/h3-32H,1-2H3. The zero-order chi connectivity index (χ0) is 33.0. The van der Waals surface area contributed by atoms with E-state index < -0.39 is 0 Å². The van der Waals surface area contributed by atoms with Crippen molar-refractivity contribution in [2.24, 2.45) is 0 Å². The van der Waals surface area contributed by atoms with E-state index in [2.05, 4.69) is 205 Å². The highest BCUT2D eigenvalue weighted by atomic mass is 15.1. The van der Waals surface area contributed by atoms with Crippen molar-refractivity contribution in [1.82, 2.24) is 4.57 Å². The van der Waals surface area contributed by atoms with Crippen LogP contribution in [0.25, 0.3) is 50.0 Å². The lowest BCUT2D eigenvalue weighted by Gasteiger charge is -2.28. The highest BCUT2D eigenvalue weighted by Crippen LogP contribution is 2.50. The van der Waals surface area contributed by atoms with Gasteiger partial charge in [0.2, 0.25) is 0 Å². The van der Waals surface area contributed by atoms with Gasteiger partial charge in [-0.2, -0.15) is 0 Å². The van der Waals surface area contributed by atoms with E-state index in [0.29, 0.717) is 0 Å². The van der Waals surface area contributed by atoms with Crippen LogP contribution >= 0.6 is 0 Å². The van der Waals surface area contributed by atoms with Gasteiger partial charge in [-0.25, -0.2) is 0 Å². The summed E-state index contributed by atoms with van der Waals surface area (Å²) in [5.41, 5.74) is 16.0. The number of aromatic nitrogens is 1. The molecule has 1 aliphatic carbocycles. The molecule has 8 aromatic rings. The molecule has 1 aliphatic rings. The molecule has 234 valence electrons. The van der Waals surface area contributed by atoms with Gasteiger partial charge >= 0.3 is 0 Å². The summed E-state index contributed by atoms with van der Waals surface area (Å²) in [7, 11) is 0. The summed E-state index contributed by atoms with van der Waals surface area (Å²) < 4.78 is 2.27. The summed E-state index contributed by atoms with van der Waals surface area (Å²) in [5, 5.41) is 1.22. The third kappa shape index (κ3) is 4.96. The van der Waals surface area contributed by atoms with Crippen LogP contribution in [0.4, 0.5) is 17.1 Å². The van der Waals surface area contributed by atoms with E-state index >= 15 is 0 Å². The van der Waals surface area contributed by atoms with E-state index in [1.54, 1.807) is 0 Å². The third-order valence-corrected chi connectivity index (χ3v) is 10.2. The van der Waals surface area contributed by atoms with Gasteiger partial charge in [0.15, 0.2) is 0 Å². The molecular formula is C47H36N2. The Morgan fingerprint density at radius 3 is 1.78 bits per heavy atom. The van der Waals surface area contributed by atoms with Crippen LogP contribution in [0.2, 0.25) is 0 Å². The van der Waals surface area contributed by atoms with Crippen LogP contribution in [0.5, 0.6) is 0 Å². The highest BCUT2D eigenvalue weighted by Gasteiger charge is 2.35. The molecule has 0 unspecified atom stereocenters. The van der Waals surface area contributed by atoms with Crippen molar-refractivity contribution >= 4 is 28.0 Å². The van der Waals surface area contributed by atoms with Gasteiger partial charge in [-0.1, -0.05) is 123 Å². The predicted octanol–water partition coefficient (Wildman–Crippen LogP) is 12.7. The Labute approximate surface area is 288 Å². The molecule has 2 nitrogen and oxygen atoms in total. The quantitative estimate of drug-likeness (QED) is 0.178. The van der Waals surface area contributed by atoms with Gasteiger partial charge in [-0.15, -0.1) is 0 Å². The summed E-state index contributed by atoms with van der Waals surface area (Å²) in [6, 6.07) is 63.8. The Morgan fingerprint density at radius 2 is 1.00 bits per heavy atom. The smallest absolute Gasteiger partial charge is 0.0528 e. The van der Waals surface area contributed by atoms with Crippen molar-refractivity contribution in [3.8, 4) is 39.1 Å². The molecule has 0 bridgehead atoms. The van der Waals surface area contributed by atoms with Crippen molar-refractivity contribution in [2.45, 2.75) is 19.3 Å². The molecule has 0 aliphatic heterocycles. The topological polar surface area (TPSA) is 8.17 Å². The molecule has 0 atom stereocenters. The second kappa shape index (κ2) is 11.5. The average Bonchev–Trinajstić information content (AvgIpc) is 3.69. The number of rotatable bonds is 6. The SMILES string of the molecule is CC1(C)c2ccccc2-c2ccc(N(c3ccccc3)c3ccc(-c4ccc5c(ccn5-c5ccc(-c6ccccc6)cc5)c4)cc3)cc21. The maximum atomic E-state index is 2.39. The van der Waals surface area contributed by atoms with Gasteiger partial charge in [0.05, 0.1) is 5.52 Å². The fourth-order valence-corrected chi connectivity index (χ4v) is 7.65. The van der Waals surface area contributed by atoms with Gasteiger partial charge in [-0.3, -0.25) is 0 Å². The molecule has 0 spiro atoms. The van der Waals surface area contributed by atoms with Crippen LogP contribution in [0.15, 0.2) is 182 Å². The maximum absolute atomic E-state index is 2.39. The Hall–Kier alpha value is -6.12.